The molecule has 3 rings (SSSR count). The van der Waals surface area contributed by atoms with E-state index in [9.17, 15) is 0 Å². The molecule has 1 aromatic heterocycles. The van der Waals surface area contributed by atoms with Crippen LogP contribution in [0.25, 0.3) is 6.08 Å². The van der Waals surface area contributed by atoms with E-state index >= 15 is 0 Å². The van der Waals surface area contributed by atoms with Crippen LogP contribution in [0.2, 0.25) is 6.82 Å². The van der Waals surface area contributed by atoms with Crippen LogP contribution >= 0.6 is 0 Å². The molecule has 0 atom stereocenters. The molecule has 0 saturated carbocycles. The minimum atomic E-state index is -2.08. The molecule has 0 bridgehead atoms. The van der Waals surface area contributed by atoms with Gasteiger partial charge >= 0.3 is 6.85 Å². The first-order valence-corrected chi connectivity index (χ1v) is 6.85. The third-order valence-corrected chi connectivity index (χ3v) is 3.93. The van der Waals surface area contributed by atoms with Crippen molar-refractivity contribution < 1.29 is 8.68 Å². The molecule has 100 valence electrons. The summed E-state index contributed by atoms with van der Waals surface area (Å²) in [6, 6.07) is 12.0. The van der Waals surface area contributed by atoms with Crippen molar-refractivity contribution in [1.29, 1.82) is 0 Å². The third kappa shape index (κ3) is 2.03. The summed E-state index contributed by atoms with van der Waals surface area (Å²) in [5.74, 6) is 0.980. The number of hydrogen-bond donors (Lipinski definition) is 0. The highest BCUT2D eigenvalue weighted by Gasteiger charge is 2.36. The van der Waals surface area contributed by atoms with E-state index in [2.05, 4.69) is 48.9 Å². The minimum absolute atomic E-state index is 0.195. The molecule has 1 aliphatic heterocycles. The Morgan fingerprint density at radius 3 is 2.75 bits per heavy atom. The van der Waals surface area contributed by atoms with Gasteiger partial charge in [0.2, 0.25) is 0 Å². The van der Waals surface area contributed by atoms with Crippen LogP contribution in [0.4, 0.5) is 5.82 Å². The Morgan fingerprint density at radius 2 is 2.00 bits per heavy atom. The summed E-state index contributed by atoms with van der Waals surface area (Å²) in [6.07, 6.45) is 3.87. The maximum Gasteiger partial charge on any atom is 0.409 e. The number of anilines is 1. The Balaban J connectivity index is 2.06. The normalized spacial score (nSPS) is 16.9. The Bertz CT molecular complexity index is 784. The van der Waals surface area contributed by atoms with Gasteiger partial charge in [0.25, 0.3) is 5.82 Å². The predicted molar refractivity (Wildman–Crippen MR) is 86.2 cm³/mol. The molecule has 2 nitrogen and oxygen atoms in total. The molecule has 0 N–H and O–H groups in total. The lowest BCUT2D eigenvalue weighted by molar-refractivity contribution is -0.658. The largest absolute Gasteiger partial charge is 0.409 e. The van der Waals surface area contributed by atoms with E-state index in [0.717, 1.165) is 11.5 Å². The Hall–Kier alpha value is -2.03. The SMILES string of the molecule is [2H]C([2H])([2H])c1ccc(N2B(C)c3ccccc3C=C2C)[n+](C)c1. The first kappa shape index (κ1) is 9.81. The fourth-order valence-corrected chi connectivity index (χ4v) is 2.99. The molecular weight excluding hydrogens is 243 g/mol. The average molecular weight is 266 g/mol. The van der Waals surface area contributed by atoms with Gasteiger partial charge in [-0.1, -0.05) is 24.3 Å². The van der Waals surface area contributed by atoms with Crippen LogP contribution in [-0.2, 0) is 7.05 Å². The van der Waals surface area contributed by atoms with E-state index in [1.54, 1.807) is 12.3 Å². The van der Waals surface area contributed by atoms with Gasteiger partial charge in [0, 0.05) is 10.2 Å². The second-order valence-electron chi connectivity index (χ2n) is 5.35. The second-order valence-corrected chi connectivity index (χ2v) is 5.35. The van der Waals surface area contributed by atoms with Crippen molar-refractivity contribution >= 4 is 24.2 Å². The van der Waals surface area contributed by atoms with Crippen molar-refractivity contribution in [3.05, 3.63) is 59.4 Å². The predicted octanol–water partition coefficient (Wildman–Crippen LogP) is 2.53. The third-order valence-electron chi connectivity index (χ3n) is 3.93. The van der Waals surface area contributed by atoms with Gasteiger partial charge in [-0.05, 0) is 49.3 Å². The Labute approximate surface area is 125 Å². The zero-order valence-corrected chi connectivity index (χ0v) is 12.1. The maximum absolute atomic E-state index is 7.56. The Morgan fingerprint density at radius 1 is 1.20 bits per heavy atom. The molecule has 0 amide bonds. The summed E-state index contributed by atoms with van der Waals surface area (Å²) in [5.41, 5.74) is 4.03. The van der Waals surface area contributed by atoms with Crippen molar-refractivity contribution in [2.24, 2.45) is 7.05 Å². The molecular formula is C17H20BN2+. The molecule has 2 heterocycles. The van der Waals surface area contributed by atoms with E-state index in [0.29, 0.717) is 5.56 Å². The number of aromatic nitrogens is 1. The van der Waals surface area contributed by atoms with E-state index in [1.807, 2.05) is 17.7 Å². The standard InChI is InChI=1S/C17H20BN2/c1-13-9-10-17(19(4)12-13)20-14(2)11-15-7-5-6-8-16(15)18(20)3/h5-12H,1-4H3/q+1/i1D3. The summed E-state index contributed by atoms with van der Waals surface area (Å²) in [7, 11) is 1.89. The fourth-order valence-electron chi connectivity index (χ4n) is 2.99. The maximum atomic E-state index is 7.56. The second kappa shape index (κ2) is 4.82. The van der Waals surface area contributed by atoms with Gasteiger partial charge in [-0.25, -0.2) is 4.57 Å². The highest BCUT2D eigenvalue weighted by molar-refractivity contribution is 6.77. The highest BCUT2D eigenvalue weighted by Crippen LogP contribution is 2.23. The van der Waals surface area contributed by atoms with Crippen molar-refractivity contribution in [3.63, 3.8) is 0 Å². The van der Waals surface area contributed by atoms with Crippen LogP contribution in [0.3, 0.4) is 0 Å². The molecule has 0 aliphatic carbocycles. The number of fused-ring (bicyclic) bond motifs is 1. The van der Waals surface area contributed by atoms with Crippen LogP contribution in [-0.4, -0.2) is 6.85 Å². The van der Waals surface area contributed by atoms with Crippen molar-refractivity contribution in [3.8, 4) is 0 Å². The topological polar surface area (TPSA) is 7.12 Å². The minimum Gasteiger partial charge on any atom is -0.290 e. The molecule has 1 aliphatic rings. The lowest BCUT2D eigenvalue weighted by Gasteiger charge is -2.28. The van der Waals surface area contributed by atoms with Crippen LogP contribution in [0.1, 0.15) is 22.2 Å². The van der Waals surface area contributed by atoms with E-state index in [4.69, 9.17) is 4.11 Å². The first-order valence-electron chi connectivity index (χ1n) is 8.35. The van der Waals surface area contributed by atoms with Crippen molar-refractivity contribution in [2.75, 3.05) is 4.81 Å². The summed E-state index contributed by atoms with van der Waals surface area (Å²) in [6.45, 7) is 2.37. The van der Waals surface area contributed by atoms with Crippen LogP contribution in [0.15, 0.2) is 48.3 Å². The number of nitrogens with zero attached hydrogens (tertiary/aromatic N) is 2. The summed E-state index contributed by atoms with van der Waals surface area (Å²) in [4.78, 5) is 2.24. The quantitative estimate of drug-likeness (QED) is 0.568. The van der Waals surface area contributed by atoms with E-state index < -0.39 is 6.85 Å². The number of allylic oxidation sites excluding steroid dienone is 1. The van der Waals surface area contributed by atoms with Crippen molar-refractivity contribution in [2.45, 2.75) is 20.6 Å². The highest BCUT2D eigenvalue weighted by atomic mass is 15.2. The zero-order chi connectivity index (χ0) is 16.8. The number of hydrogen-bond acceptors (Lipinski definition) is 1. The van der Waals surface area contributed by atoms with E-state index in [-0.39, 0.29) is 6.85 Å². The van der Waals surface area contributed by atoms with Gasteiger partial charge in [0.15, 0.2) is 0 Å². The van der Waals surface area contributed by atoms with Gasteiger partial charge in [0.1, 0.15) is 0 Å². The number of rotatable bonds is 1. The van der Waals surface area contributed by atoms with Crippen LogP contribution in [0, 0.1) is 6.85 Å². The molecule has 0 radical (unpaired) electrons. The van der Waals surface area contributed by atoms with Crippen LogP contribution < -0.4 is 14.8 Å². The molecule has 2 aromatic rings. The number of aryl methyl sites for hydroxylation is 2. The van der Waals surface area contributed by atoms with Gasteiger partial charge in [-0.2, -0.15) is 0 Å². The smallest absolute Gasteiger partial charge is 0.290 e. The molecule has 1 aromatic carbocycles. The van der Waals surface area contributed by atoms with Gasteiger partial charge < -0.3 is 0 Å². The number of benzene rings is 1. The van der Waals surface area contributed by atoms with Crippen molar-refractivity contribution in [1.82, 2.24) is 0 Å². The Kier molecular flexibility index (Phi) is 2.37. The number of pyridine rings is 1. The fraction of sp³-hybridized carbons (Fsp3) is 0.235. The van der Waals surface area contributed by atoms with Gasteiger partial charge in [-0.15, -0.1) is 0 Å². The summed E-state index contributed by atoms with van der Waals surface area (Å²) < 4.78 is 24.6. The van der Waals surface area contributed by atoms with Gasteiger partial charge in [-0.3, -0.25) is 4.81 Å². The summed E-state index contributed by atoms with van der Waals surface area (Å²) in [5, 5.41) is 0. The molecule has 0 unspecified atom stereocenters. The lowest BCUT2D eigenvalue weighted by Crippen LogP contribution is -2.52. The monoisotopic (exact) mass is 266 g/mol. The van der Waals surface area contributed by atoms with E-state index in [1.165, 1.54) is 11.0 Å². The first-order chi connectivity index (χ1) is 10.8. The average Bonchev–Trinajstić information content (AvgIpc) is 2.47. The molecule has 0 fully saturated rings. The summed E-state index contributed by atoms with van der Waals surface area (Å²) >= 11 is 0. The zero-order valence-electron chi connectivity index (χ0n) is 15.1. The lowest BCUT2D eigenvalue weighted by atomic mass is 9.53. The molecule has 0 spiro atoms. The molecule has 3 heteroatoms. The van der Waals surface area contributed by atoms with Gasteiger partial charge in [0.05, 0.1) is 18.9 Å². The molecule has 0 saturated heterocycles. The molecule has 20 heavy (non-hydrogen) atoms. The van der Waals surface area contributed by atoms with Crippen LogP contribution in [0.5, 0.6) is 0 Å².